The number of carbonyl (C=O) groups is 1. The second-order valence-electron chi connectivity index (χ2n) is 2.00. The molecule has 0 bridgehead atoms. The third-order valence-corrected chi connectivity index (χ3v) is 1.11. The monoisotopic (exact) mass is 155 g/mol. The number of primary amides is 1. The number of amides is 2. The molecule has 2 amide bonds. The van der Waals surface area contributed by atoms with Crippen molar-refractivity contribution < 1.29 is 4.79 Å². The van der Waals surface area contributed by atoms with Crippen LogP contribution in [0.15, 0.2) is 17.8 Å². The normalized spacial score (nSPS) is 10.8. The van der Waals surface area contributed by atoms with Crippen molar-refractivity contribution in [2.75, 3.05) is 0 Å². The highest BCUT2D eigenvalue weighted by Crippen LogP contribution is 1.91. The molecule has 0 fully saturated rings. The average Bonchev–Trinajstić information content (AvgIpc) is 1.97. The van der Waals surface area contributed by atoms with Crippen molar-refractivity contribution in [3.05, 3.63) is 12.7 Å². The second kappa shape index (κ2) is 5.46. The Morgan fingerprint density at radius 1 is 1.82 bits per heavy atom. The molecule has 0 saturated carbocycles. The molecule has 0 radical (unpaired) electrons. The number of carbonyl (C=O) groups excluding carboxylic acids is 1. The molecule has 3 N–H and O–H groups in total. The van der Waals surface area contributed by atoms with Gasteiger partial charge in [-0.05, 0) is 6.42 Å². The van der Waals surface area contributed by atoms with E-state index in [2.05, 4.69) is 17.1 Å². The summed E-state index contributed by atoms with van der Waals surface area (Å²) in [6.45, 7) is 5.50. The van der Waals surface area contributed by atoms with E-state index in [9.17, 15) is 4.79 Å². The molecular weight excluding hydrogens is 142 g/mol. The fourth-order valence-corrected chi connectivity index (χ4v) is 0.570. The number of allylic oxidation sites excluding steroid dienone is 1. The third-order valence-electron chi connectivity index (χ3n) is 1.11. The van der Waals surface area contributed by atoms with Crippen molar-refractivity contribution in [3.63, 3.8) is 0 Å². The molecule has 0 aliphatic heterocycles. The average molecular weight is 155 g/mol. The summed E-state index contributed by atoms with van der Waals surface area (Å²) in [5, 5.41) is 3.75. The molecule has 0 aliphatic carbocycles. The Bertz CT molecular complexity index is 175. The highest BCUT2D eigenvalue weighted by atomic mass is 16.2. The molecule has 0 aliphatic rings. The minimum Gasteiger partial charge on any atom is -0.350 e. The predicted molar refractivity (Wildman–Crippen MR) is 45.3 cm³/mol. The van der Waals surface area contributed by atoms with Crippen LogP contribution in [0, 0.1) is 0 Å². The summed E-state index contributed by atoms with van der Waals surface area (Å²) in [6.07, 6.45) is 3.19. The molecule has 4 nitrogen and oxygen atoms in total. The lowest BCUT2D eigenvalue weighted by atomic mass is 10.2. The first-order valence-corrected chi connectivity index (χ1v) is 3.42. The first-order valence-electron chi connectivity index (χ1n) is 3.42. The Labute approximate surface area is 66.2 Å². The van der Waals surface area contributed by atoms with E-state index in [1.54, 1.807) is 6.08 Å². The largest absolute Gasteiger partial charge is 0.350 e. The minimum absolute atomic E-state index is 0.639. The Morgan fingerprint density at radius 2 is 2.45 bits per heavy atom. The summed E-state index contributed by atoms with van der Waals surface area (Å²) >= 11 is 0. The summed E-state index contributed by atoms with van der Waals surface area (Å²) in [5.41, 5.74) is 7.83. The van der Waals surface area contributed by atoms with E-state index in [-0.39, 0.29) is 0 Å². The van der Waals surface area contributed by atoms with Gasteiger partial charge in [0.25, 0.3) is 0 Å². The Kier molecular flexibility index (Phi) is 4.81. The van der Waals surface area contributed by atoms with Gasteiger partial charge in [0.05, 0.1) is 0 Å². The van der Waals surface area contributed by atoms with Gasteiger partial charge in [-0.3, -0.25) is 0 Å². The first kappa shape index (κ1) is 9.68. The number of nitrogens with one attached hydrogen (secondary N) is 1. The van der Waals surface area contributed by atoms with Crippen molar-refractivity contribution in [1.29, 1.82) is 0 Å². The summed E-state index contributed by atoms with van der Waals surface area (Å²) < 4.78 is 0. The zero-order chi connectivity index (χ0) is 8.69. The van der Waals surface area contributed by atoms with Gasteiger partial charge in [0, 0.05) is 12.1 Å². The molecule has 4 heteroatoms. The Morgan fingerprint density at radius 3 is 2.82 bits per heavy atom. The Hall–Kier alpha value is -1.32. The summed E-state index contributed by atoms with van der Waals surface area (Å²) in [4.78, 5) is 10.2. The maximum absolute atomic E-state index is 10.2. The molecule has 62 valence electrons. The molecule has 0 unspecified atom stereocenters. The first-order chi connectivity index (χ1) is 5.20. The summed E-state index contributed by atoms with van der Waals surface area (Å²) in [6, 6.07) is -0.639. The van der Waals surface area contributed by atoms with E-state index in [1.807, 2.05) is 6.92 Å². The summed E-state index contributed by atoms with van der Waals surface area (Å²) in [7, 11) is 0. The summed E-state index contributed by atoms with van der Waals surface area (Å²) in [5.74, 6) is 0. The zero-order valence-corrected chi connectivity index (χ0v) is 6.63. The minimum atomic E-state index is -0.639. The van der Waals surface area contributed by atoms with Crippen LogP contribution in [0.25, 0.3) is 0 Å². The van der Waals surface area contributed by atoms with Crippen molar-refractivity contribution >= 4 is 11.7 Å². The van der Waals surface area contributed by atoms with Crippen LogP contribution in [-0.2, 0) is 0 Å². The lowest BCUT2D eigenvalue weighted by Gasteiger charge is -1.98. The fraction of sp³-hybridized carbons (Fsp3) is 0.429. The van der Waals surface area contributed by atoms with Gasteiger partial charge in [0.1, 0.15) is 0 Å². The number of hydrogen-bond donors (Lipinski definition) is 2. The van der Waals surface area contributed by atoms with Gasteiger partial charge in [-0.15, -0.1) is 6.58 Å². The van der Waals surface area contributed by atoms with Crippen LogP contribution in [0.4, 0.5) is 4.79 Å². The van der Waals surface area contributed by atoms with E-state index in [0.29, 0.717) is 6.42 Å². The SMILES string of the molecule is C=CC/C(CC)=N\NC(N)=O. The van der Waals surface area contributed by atoms with Crippen LogP contribution in [-0.4, -0.2) is 11.7 Å². The van der Waals surface area contributed by atoms with Crippen molar-refractivity contribution in [2.24, 2.45) is 10.8 Å². The zero-order valence-electron chi connectivity index (χ0n) is 6.63. The van der Waals surface area contributed by atoms with Crippen LogP contribution < -0.4 is 11.2 Å². The third kappa shape index (κ3) is 5.14. The Balaban J connectivity index is 3.89. The van der Waals surface area contributed by atoms with Crippen molar-refractivity contribution in [2.45, 2.75) is 19.8 Å². The maximum atomic E-state index is 10.2. The predicted octanol–water partition coefficient (Wildman–Crippen LogP) is 0.997. The van der Waals surface area contributed by atoms with E-state index >= 15 is 0 Å². The van der Waals surface area contributed by atoms with Gasteiger partial charge in [-0.1, -0.05) is 13.0 Å². The van der Waals surface area contributed by atoms with Gasteiger partial charge in [-0.2, -0.15) is 5.10 Å². The molecule has 0 spiro atoms. The standard InChI is InChI=1S/C7H13N3O/c1-3-5-6(4-2)9-10-7(8)11/h3H,1,4-5H2,2H3,(H3,8,10,11)/b9-6-. The van der Waals surface area contributed by atoms with Crippen LogP contribution in [0.2, 0.25) is 0 Å². The second-order valence-corrected chi connectivity index (χ2v) is 2.00. The van der Waals surface area contributed by atoms with E-state index in [4.69, 9.17) is 5.73 Å². The molecule has 0 aromatic heterocycles. The van der Waals surface area contributed by atoms with Crippen molar-refractivity contribution in [1.82, 2.24) is 5.43 Å². The topological polar surface area (TPSA) is 67.5 Å². The maximum Gasteiger partial charge on any atom is 0.332 e. The van der Waals surface area contributed by atoms with Gasteiger partial charge in [-0.25, -0.2) is 10.2 Å². The number of rotatable bonds is 4. The van der Waals surface area contributed by atoms with Crippen LogP contribution >= 0.6 is 0 Å². The quantitative estimate of drug-likeness (QED) is 0.355. The molecule has 0 heterocycles. The highest BCUT2D eigenvalue weighted by Gasteiger charge is 1.92. The number of urea groups is 1. The number of nitrogens with two attached hydrogens (primary N) is 1. The lowest BCUT2D eigenvalue weighted by Crippen LogP contribution is -2.25. The van der Waals surface area contributed by atoms with E-state index in [1.165, 1.54) is 0 Å². The fourth-order valence-electron chi connectivity index (χ4n) is 0.570. The molecule has 0 aromatic rings. The van der Waals surface area contributed by atoms with Crippen LogP contribution in [0.3, 0.4) is 0 Å². The van der Waals surface area contributed by atoms with Crippen molar-refractivity contribution in [3.8, 4) is 0 Å². The van der Waals surface area contributed by atoms with Gasteiger partial charge in [0.15, 0.2) is 0 Å². The van der Waals surface area contributed by atoms with E-state index < -0.39 is 6.03 Å². The highest BCUT2D eigenvalue weighted by molar-refractivity contribution is 5.86. The van der Waals surface area contributed by atoms with Crippen LogP contribution in [0.1, 0.15) is 19.8 Å². The molecule has 0 rings (SSSR count). The molecular formula is C7H13N3O. The van der Waals surface area contributed by atoms with Crippen LogP contribution in [0.5, 0.6) is 0 Å². The van der Waals surface area contributed by atoms with Gasteiger partial charge in [0.2, 0.25) is 0 Å². The smallest absolute Gasteiger partial charge is 0.332 e. The van der Waals surface area contributed by atoms with E-state index in [0.717, 1.165) is 12.1 Å². The van der Waals surface area contributed by atoms with Gasteiger partial charge < -0.3 is 5.73 Å². The number of nitrogens with zero attached hydrogens (tertiary/aromatic N) is 1. The molecule has 0 aromatic carbocycles. The molecule has 0 atom stereocenters. The lowest BCUT2D eigenvalue weighted by molar-refractivity contribution is 0.249. The molecule has 11 heavy (non-hydrogen) atoms. The van der Waals surface area contributed by atoms with Gasteiger partial charge >= 0.3 is 6.03 Å². The molecule has 0 saturated heterocycles. The number of hydrogen-bond acceptors (Lipinski definition) is 2. The number of hydrazone groups is 1.